The SMILES string of the molecule is CO[C@H](C)C(=O)N1N=C(c2cc(F)ccc2F)S[C@@]12c1cc(F)cc(C)c1OC[C@H]2CCN. The van der Waals surface area contributed by atoms with E-state index in [4.69, 9.17) is 15.2 Å². The highest BCUT2D eigenvalue weighted by atomic mass is 32.2. The Morgan fingerprint density at radius 2 is 2.09 bits per heavy atom. The minimum absolute atomic E-state index is 0.0904. The molecule has 0 aliphatic carbocycles. The molecule has 1 spiro atoms. The number of nitrogens with zero attached hydrogens (tertiary/aromatic N) is 2. The van der Waals surface area contributed by atoms with Crippen molar-refractivity contribution in [3.63, 3.8) is 0 Å². The molecular weight excluding hydrogens is 455 g/mol. The Balaban J connectivity index is 1.97. The molecule has 2 aliphatic heterocycles. The Labute approximate surface area is 193 Å². The predicted octanol–water partition coefficient (Wildman–Crippen LogP) is 3.89. The third kappa shape index (κ3) is 3.89. The molecule has 0 fully saturated rings. The molecular formula is C23H24F3N3O3S. The molecule has 0 aromatic heterocycles. The van der Waals surface area contributed by atoms with E-state index in [1.54, 1.807) is 13.8 Å². The number of benzene rings is 2. The topological polar surface area (TPSA) is 77.1 Å². The number of carbonyl (C=O) groups is 1. The first-order valence-electron chi connectivity index (χ1n) is 10.5. The van der Waals surface area contributed by atoms with Gasteiger partial charge in [0.2, 0.25) is 0 Å². The number of methoxy groups -OCH3 is 1. The van der Waals surface area contributed by atoms with Crippen LogP contribution >= 0.6 is 11.8 Å². The number of carbonyl (C=O) groups excluding carboxylic acids is 1. The number of fused-ring (bicyclic) bond motifs is 2. The largest absolute Gasteiger partial charge is 0.492 e. The standard InChI is InChI=1S/C23H24F3N3O3S/c1-12-8-16(25)10-18-20(12)32-11-14(6-7-27)23(18)29(22(30)13(2)31-3)28-21(33-23)17-9-15(24)4-5-19(17)26/h4-5,8-10,13-14H,6-7,11,27H2,1-3H3/t13-,14-,23+/m1/s1. The van der Waals surface area contributed by atoms with Gasteiger partial charge >= 0.3 is 0 Å². The van der Waals surface area contributed by atoms with E-state index in [0.29, 0.717) is 23.3 Å². The molecule has 3 atom stereocenters. The van der Waals surface area contributed by atoms with E-state index in [1.807, 2.05) is 0 Å². The number of ether oxygens (including phenoxy) is 2. The summed E-state index contributed by atoms with van der Waals surface area (Å²) in [7, 11) is 1.38. The van der Waals surface area contributed by atoms with E-state index in [-0.39, 0.29) is 23.8 Å². The quantitative estimate of drug-likeness (QED) is 0.704. The summed E-state index contributed by atoms with van der Waals surface area (Å²) >= 11 is 1.07. The lowest BCUT2D eigenvalue weighted by atomic mass is 9.85. The lowest BCUT2D eigenvalue weighted by Gasteiger charge is -2.46. The second kappa shape index (κ2) is 9.00. The lowest BCUT2D eigenvalue weighted by molar-refractivity contribution is -0.147. The van der Waals surface area contributed by atoms with Crippen LogP contribution in [-0.2, 0) is 14.4 Å². The predicted molar refractivity (Wildman–Crippen MR) is 119 cm³/mol. The van der Waals surface area contributed by atoms with Crippen molar-refractivity contribution in [2.24, 2.45) is 16.8 Å². The zero-order chi connectivity index (χ0) is 23.9. The van der Waals surface area contributed by atoms with Gasteiger partial charge < -0.3 is 15.2 Å². The molecule has 0 bridgehead atoms. The van der Waals surface area contributed by atoms with Gasteiger partial charge in [0.05, 0.1) is 6.61 Å². The van der Waals surface area contributed by atoms with Crippen LogP contribution in [-0.4, -0.2) is 42.3 Å². The van der Waals surface area contributed by atoms with Gasteiger partial charge in [0.1, 0.15) is 34.3 Å². The van der Waals surface area contributed by atoms with E-state index in [9.17, 15) is 18.0 Å². The monoisotopic (exact) mass is 479 g/mol. The van der Waals surface area contributed by atoms with Crippen molar-refractivity contribution in [3.8, 4) is 5.75 Å². The van der Waals surface area contributed by atoms with E-state index >= 15 is 0 Å². The van der Waals surface area contributed by atoms with Crippen molar-refractivity contribution in [3.05, 3.63) is 64.5 Å². The maximum atomic E-state index is 14.7. The minimum atomic E-state index is -1.28. The number of nitrogens with two attached hydrogens (primary N) is 1. The van der Waals surface area contributed by atoms with Gasteiger partial charge in [-0.05, 0) is 62.7 Å². The molecule has 33 heavy (non-hydrogen) atoms. The maximum absolute atomic E-state index is 14.7. The van der Waals surface area contributed by atoms with Crippen molar-refractivity contribution in [1.82, 2.24) is 5.01 Å². The zero-order valence-corrected chi connectivity index (χ0v) is 19.2. The average molecular weight is 480 g/mol. The summed E-state index contributed by atoms with van der Waals surface area (Å²) in [6.07, 6.45) is -0.468. The third-order valence-corrected chi connectivity index (χ3v) is 7.48. The molecule has 0 saturated carbocycles. The van der Waals surface area contributed by atoms with Gasteiger partial charge in [-0.2, -0.15) is 5.10 Å². The smallest absolute Gasteiger partial charge is 0.273 e. The summed E-state index contributed by atoms with van der Waals surface area (Å²) in [5, 5.41) is 5.77. The van der Waals surface area contributed by atoms with Crippen LogP contribution in [0.5, 0.6) is 5.75 Å². The highest BCUT2D eigenvalue weighted by Crippen LogP contribution is 2.58. The Kier molecular flexibility index (Phi) is 6.43. The second-order valence-corrected chi connectivity index (χ2v) is 9.25. The van der Waals surface area contributed by atoms with Crippen LogP contribution < -0.4 is 10.5 Å². The number of rotatable bonds is 5. The van der Waals surface area contributed by atoms with E-state index in [0.717, 1.165) is 30.0 Å². The number of thioether (sulfide) groups is 1. The molecule has 2 heterocycles. The molecule has 2 N–H and O–H groups in total. The summed E-state index contributed by atoms with van der Waals surface area (Å²) < 4.78 is 54.5. The molecule has 2 aromatic rings. The van der Waals surface area contributed by atoms with Gasteiger partial charge in [-0.25, -0.2) is 18.2 Å². The Morgan fingerprint density at radius 1 is 1.33 bits per heavy atom. The summed E-state index contributed by atoms with van der Waals surface area (Å²) in [6, 6.07) is 5.67. The van der Waals surface area contributed by atoms with Crippen molar-refractivity contribution < 1.29 is 27.4 Å². The number of hydrogen-bond acceptors (Lipinski definition) is 6. The van der Waals surface area contributed by atoms with Crippen LogP contribution in [0.25, 0.3) is 0 Å². The van der Waals surface area contributed by atoms with Crippen LogP contribution in [0.4, 0.5) is 13.2 Å². The van der Waals surface area contributed by atoms with Crippen molar-refractivity contribution in [2.75, 3.05) is 20.3 Å². The summed E-state index contributed by atoms with van der Waals surface area (Å²) in [5.41, 5.74) is 6.72. The second-order valence-electron chi connectivity index (χ2n) is 8.04. The number of hydrazone groups is 1. The van der Waals surface area contributed by atoms with Gasteiger partial charge in [-0.3, -0.25) is 4.79 Å². The third-order valence-electron chi connectivity index (χ3n) is 5.95. The minimum Gasteiger partial charge on any atom is -0.492 e. The normalized spacial score (nSPS) is 22.7. The van der Waals surface area contributed by atoms with Crippen LogP contribution in [0.1, 0.15) is 30.0 Å². The Bertz CT molecular complexity index is 1130. The van der Waals surface area contributed by atoms with Crippen molar-refractivity contribution >= 4 is 22.7 Å². The number of halogens is 3. The van der Waals surface area contributed by atoms with Gasteiger partial charge in [-0.15, -0.1) is 0 Å². The zero-order valence-electron chi connectivity index (χ0n) is 18.4. The van der Waals surface area contributed by atoms with Crippen LogP contribution in [0, 0.1) is 30.3 Å². The highest BCUT2D eigenvalue weighted by Gasteiger charge is 2.58. The van der Waals surface area contributed by atoms with E-state index in [2.05, 4.69) is 5.10 Å². The van der Waals surface area contributed by atoms with Gasteiger partial charge in [0, 0.05) is 24.2 Å². The van der Waals surface area contributed by atoms with Crippen LogP contribution in [0.3, 0.4) is 0 Å². The molecule has 6 nitrogen and oxygen atoms in total. The molecule has 0 saturated heterocycles. The molecule has 0 unspecified atom stereocenters. The van der Waals surface area contributed by atoms with Crippen molar-refractivity contribution in [2.45, 2.75) is 31.2 Å². The Hall–Kier alpha value is -2.56. The summed E-state index contributed by atoms with van der Waals surface area (Å²) in [4.78, 5) is 12.2. The first-order valence-corrected chi connectivity index (χ1v) is 11.3. The summed E-state index contributed by atoms with van der Waals surface area (Å²) in [5.74, 6) is -2.34. The van der Waals surface area contributed by atoms with Crippen LogP contribution in [0.2, 0.25) is 0 Å². The molecule has 2 aromatic carbocycles. The van der Waals surface area contributed by atoms with Crippen LogP contribution in [0.15, 0.2) is 35.4 Å². The first-order chi connectivity index (χ1) is 15.7. The first kappa shape index (κ1) is 23.6. The fraction of sp³-hybridized carbons (Fsp3) is 0.391. The van der Waals surface area contributed by atoms with Gasteiger partial charge in [0.15, 0.2) is 4.87 Å². The lowest BCUT2D eigenvalue weighted by Crippen LogP contribution is -2.53. The molecule has 0 radical (unpaired) electrons. The molecule has 4 rings (SSSR count). The fourth-order valence-corrected chi connectivity index (χ4v) is 5.76. The maximum Gasteiger partial charge on any atom is 0.273 e. The highest BCUT2D eigenvalue weighted by molar-refractivity contribution is 8.15. The molecule has 176 valence electrons. The van der Waals surface area contributed by atoms with Gasteiger partial charge in [0.25, 0.3) is 5.91 Å². The average Bonchev–Trinajstić information content (AvgIpc) is 3.17. The molecule has 10 heteroatoms. The van der Waals surface area contributed by atoms with Gasteiger partial charge in [-0.1, -0.05) is 11.8 Å². The molecule has 1 amide bonds. The number of aryl methyl sites for hydroxylation is 1. The fourth-order valence-electron chi connectivity index (χ4n) is 4.24. The number of hydrogen-bond donors (Lipinski definition) is 1. The number of amides is 1. The summed E-state index contributed by atoms with van der Waals surface area (Å²) in [6.45, 7) is 3.72. The van der Waals surface area contributed by atoms with E-state index in [1.165, 1.54) is 24.3 Å². The van der Waals surface area contributed by atoms with E-state index < -0.39 is 40.3 Å². The van der Waals surface area contributed by atoms with Crippen molar-refractivity contribution in [1.29, 1.82) is 0 Å². The molecule has 2 aliphatic rings. The Morgan fingerprint density at radius 3 is 2.79 bits per heavy atom.